The summed E-state index contributed by atoms with van der Waals surface area (Å²) < 4.78 is 18.4. The SMILES string of the molecule is CC(C)(c1ccc(F)cc1)c1noc([C@H]2CCCN2)n1. The summed E-state index contributed by atoms with van der Waals surface area (Å²) >= 11 is 0. The molecule has 106 valence electrons. The summed E-state index contributed by atoms with van der Waals surface area (Å²) in [5, 5.41) is 7.45. The van der Waals surface area contributed by atoms with Crippen LogP contribution in [0.3, 0.4) is 0 Å². The smallest absolute Gasteiger partial charge is 0.243 e. The van der Waals surface area contributed by atoms with Gasteiger partial charge in [0.05, 0.1) is 11.5 Å². The van der Waals surface area contributed by atoms with Crippen molar-refractivity contribution >= 4 is 0 Å². The van der Waals surface area contributed by atoms with E-state index < -0.39 is 5.41 Å². The molecule has 1 aromatic carbocycles. The standard InChI is InChI=1S/C15H18FN3O/c1-15(2,10-5-7-11(16)8-6-10)14-18-13(20-19-14)12-4-3-9-17-12/h5-8,12,17H,3-4,9H2,1-2H3/t12-/m1/s1. The molecule has 1 aliphatic heterocycles. The number of nitrogens with zero attached hydrogens (tertiary/aromatic N) is 2. The van der Waals surface area contributed by atoms with Gasteiger partial charge < -0.3 is 9.84 Å². The first-order valence-electron chi connectivity index (χ1n) is 6.91. The summed E-state index contributed by atoms with van der Waals surface area (Å²) in [6.45, 7) is 5.01. The van der Waals surface area contributed by atoms with Gasteiger partial charge in [0.25, 0.3) is 0 Å². The molecule has 0 amide bonds. The topological polar surface area (TPSA) is 51.0 Å². The van der Waals surface area contributed by atoms with E-state index in [1.165, 1.54) is 12.1 Å². The Bertz CT molecular complexity index is 585. The molecule has 2 aromatic rings. The Morgan fingerprint density at radius 2 is 2.05 bits per heavy atom. The highest BCUT2D eigenvalue weighted by molar-refractivity contribution is 5.30. The predicted molar refractivity (Wildman–Crippen MR) is 72.8 cm³/mol. The van der Waals surface area contributed by atoms with Crippen molar-refractivity contribution in [2.45, 2.75) is 38.1 Å². The number of aromatic nitrogens is 2. The normalized spacial score (nSPS) is 19.4. The third-order valence-electron chi connectivity index (χ3n) is 3.93. The fourth-order valence-corrected chi connectivity index (χ4v) is 2.52. The lowest BCUT2D eigenvalue weighted by Gasteiger charge is -2.20. The Morgan fingerprint density at radius 3 is 2.70 bits per heavy atom. The highest BCUT2D eigenvalue weighted by atomic mass is 19.1. The van der Waals surface area contributed by atoms with E-state index in [1.807, 2.05) is 13.8 Å². The van der Waals surface area contributed by atoms with Gasteiger partial charge in [-0.25, -0.2) is 4.39 Å². The molecular formula is C15H18FN3O. The molecule has 20 heavy (non-hydrogen) atoms. The molecule has 2 heterocycles. The minimum atomic E-state index is -0.409. The second-order valence-electron chi connectivity index (χ2n) is 5.74. The van der Waals surface area contributed by atoms with Crippen molar-refractivity contribution in [1.82, 2.24) is 15.5 Å². The van der Waals surface area contributed by atoms with Crippen LogP contribution in [0.25, 0.3) is 0 Å². The van der Waals surface area contributed by atoms with E-state index in [9.17, 15) is 4.39 Å². The molecule has 1 saturated heterocycles. The minimum Gasteiger partial charge on any atom is -0.338 e. The molecule has 4 nitrogen and oxygen atoms in total. The molecule has 0 saturated carbocycles. The maximum Gasteiger partial charge on any atom is 0.243 e. The fraction of sp³-hybridized carbons (Fsp3) is 0.467. The molecule has 1 atom stereocenters. The summed E-state index contributed by atoms with van der Waals surface area (Å²) in [6.07, 6.45) is 2.16. The number of rotatable bonds is 3. The van der Waals surface area contributed by atoms with Crippen molar-refractivity contribution in [1.29, 1.82) is 0 Å². The average Bonchev–Trinajstić information content (AvgIpc) is 3.10. The first-order valence-corrected chi connectivity index (χ1v) is 6.91. The van der Waals surface area contributed by atoms with Crippen LogP contribution in [0.15, 0.2) is 28.8 Å². The molecule has 5 heteroatoms. The molecule has 1 fully saturated rings. The van der Waals surface area contributed by atoms with Gasteiger partial charge in [0.15, 0.2) is 5.82 Å². The Hall–Kier alpha value is -1.75. The Balaban J connectivity index is 1.88. The van der Waals surface area contributed by atoms with Crippen molar-refractivity contribution in [2.75, 3.05) is 6.54 Å². The van der Waals surface area contributed by atoms with Gasteiger partial charge in [0.1, 0.15) is 5.82 Å². The highest BCUT2D eigenvalue weighted by Crippen LogP contribution is 2.31. The predicted octanol–water partition coefficient (Wildman–Crippen LogP) is 2.96. The van der Waals surface area contributed by atoms with Crippen molar-refractivity contribution < 1.29 is 8.91 Å². The maximum atomic E-state index is 13.0. The maximum absolute atomic E-state index is 13.0. The van der Waals surface area contributed by atoms with Crippen LogP contribution in [0.2, 0.25) is 0 Å². The van der Waals surface area contributed by atoms with Gasteiger partial charge in [-0.05, 0) is 50.9 Å². The Labute approximate surface area is 117 Å². The van der Waals surface area contributed by atoms with Gasteiger partial charge in [-0.3, -0.25) is 0 Å². The molecule has 1 aromatic heterocycles. The molecule has 0 bridgehead atoms. The monoisotopic (exact) mass is 275 g/mol. The van der Waals surface area contributed by atoms with Crippen LogP contribution in [0.1, 0.15) is 50.0 Å². The zero-order chi connectivity index (χ0) is 14.2. The second-order valence-corrected chi connectivity index (χ2v) is 5.74. The number of hydrogen-bond donors (Lipinski definition) is 1. The molecule has 1 N–H and O–H groups in total. The first kappa shape index (κ1) is 13.2. The third kappa shape index (κ3) is 2.33. The molecule has 0 aliphatic carbocycles. The largest absolute Gasteiger partial charge is 0.338 e. The number of halogens is 1. The highest BCUT2D eigenvalue weighted by Gasteiger charge is 2.31. The lowest BCUT2D eigenvalue weighted by Crippen LogP contribution is -2.21. The van der Waals surface area contributed by atoms with Crippen molar-refractivity contribution in [2.24, 2.45) is 0 Å². The van der Waals surface area contributed by atoms with Gasteiger partial charge in [0, 0.05) is 0 Å². The van der Waals surface area contributed by atoms with E-state index in [4.69, 9.17) is 4.52 Å². The van der Waals surface area contributed by atoms with Crippen LogP contribution in [0.4, 0.5) is 4.39 Å². The average molecular weight is 275 g/mol. The molecule has 1 aliphatic rings. The van der Waals surface area contributed by atoms with Gasteiger partial charge in [-0.1, -0.05) is 17.3 Å². The van der Waals surface area contributed by atoms with E-state index in [1.54, 1.807) is 12.1 Å². The van der Waals surface area contributed by atoms with E-state index in [0.717, 1.165) is 24.9 Å². The summed E-state index contributed by atoms with van der Waals surface area (Å²) in [6, 6.07) is 6.60. The van der Waals surface area contributed by atoms with Gasteiger partial charge in [0.2, 0.25) is 5.89 Å². The summed E-state index contributed by atoms with van der Waals surface area (Å²) in [5.74, 6) is 1.04. The summed E-state index contributed by atoms with van der Waals surface area (Å²) in [7, 11) is 0. The van der Waals surface area contributed by atoms with E-state index >= 15 is 0 Å². The van der Waals surface area contributed by atoms with E-state index in [2.05, 4.69) is 15.5 Å². The van der Waals surface area contributed by atoms with Crippen LogP contribution < -0.4 is 5.32 Å². The molecule has 0 radical (unpaired) electrons. The van der Waals surface area contributed by atoms with Crippen LogP contribution in [-0.2, 0) is 5.41 Å². The van der Waals surface area contributed by atoms with Crippen LogP contribution in [-0.4, -0.2) is 16.7 Å². The third-order valence-corrected chi connectivity index (χ3v) is 3.93. The van der Waals surface area contributed by atoms with Crippen LogP contribution >= 0.6 is 0 Å². The van der Waals surface area contributed by atoms with Crippen LogP contribution in [0, 0.1) is 5.82 Å². The van der Waals surface area contributed by atoms with E-state index in [-0.39, 0.29) is 11.9 Å². The van der Waals surface area contributed by atoms with Gasteiger partial charge in [-0.15, -0.1) is 0 Å². The Morgan fingerprint density at radius 1 is 1.30 bits per heavy atom. The second kappa shape index (κ2) is 4.98. The van der Waals surface area contributed by atoms with Gasteiger partial charge in [-0.2, -0.15) is 4.98 Å². The van der Waals surface area contributed by atoms with E-state index in [0.29, 0.717) is 11.7 Å². The lowest BCUT2D eigenvalue weighted by molar-refractivity contribution is 0.337. The van der Waals surface area contributed by atoms with Crippen molar-refractivity contribution in [3.05, 3.63) is 47.4 Å². The molecule has 0 spiro atoms. The number of nitrogens with one attached hydrogen (secondary N) is 1. The Kier molecular flexibility index (Phi) is 3.30. The summed E-state index contributed by atoms with van der Waals surface area (Å²) in [5.41, 5.74) is 0.555. The number of hydrogen-bond acceptors (Lipinski definition) is 4. The summed E-state index contributed by atoms with van der Waals surface area (Å²) in [4.78, 5) is 4.53. The fourth-order valence-electron chi connectivity index (χ4n) is 2.52. The lowest BCUT2D eigenvalue weighted by atomic mass is 9.84. The quantitative estimate of drug-likeness (QED) is 0.935. The minimum absolute atomic E-state index is 0.167. The first-order chi connectivity index (χ1) is 9.57. The van der Waals surface area contributed by atoms with Crippen LogP contribution in [0.5, 0.6) is 0 Å². The zero-order valence-electron chi connectivity index (χ0n) is 11.7. The van der Waals surface area contributed by atoms with Crippen molar-refractivity contribution in [3.8, 4) is 0 Å². The van der Waals surface area contributed by atoms with Gasteiger partial charge >= 0.3 is 0 Å². The molecule has 0 unspecified atom stereocenters. The van der Waals surface area contributed by atoms with Crippen molar-refractivity contribution in [3.63, 3.8) is 0 Å². The zero-order valence-corrected chi connectivity index (χ0v) is 11.7. The molecular weight excluding hydrogens is 257 g/mol. The number of benzene rings is 1. The molecule has 3 rings (SSSR count).